The number of nitrogens with zero attached hydrogens (tertiary/aromatic N) is 2. The molecule has 7 heteroatoms. The predicted octanol–water partition coefficient (Wildman–Crippen LogP) is 2.19. The van der Waals surface area contributed by atoms with Gasteiger partial charge in [-0.2, -0.15) is 0 Å². The standard InChI is InChI=1S/C19H27N5O2/c1-12(2)17(20)18(26)21-11-16(25)23-19-22-14-9-5-6-10-15(14)24(19)13-7-3-4-8-13/h5-6,9-10,12-13,17H,3-4,7-8,11,20H2,1-2H3,(H,21,26)(H,22,23,25)/t17-/m0/s1. The van der Waals surface area contributed by atoms with E-state index in [0.29, 0.717) is 12.0 Å². The first kappa shape index (κ1) is 18.4. The maximum absolute atomic E-state index is 12.3. The van der Waals surface area contributed by atoms with Crippen LogP contribution in [-0.4, -0.2) is 34.0 Å². The molecule has 0 spiro atoms. The highest BCUT2D eigenvalue weighted by molar-refractivity contribution is 5.95. The molecule has 140 valence electrons. The summed E-state index contributed by atoms with van der Waals surface area (Å²) in [6.45, 7) is 3.62. The van der Waals surface area contributed by atoms with E-state index in [2.05, 4.69) is 20.2 Å². The summed E-state index contributed by atoms with van der Waals surface area (Å²) < 4.78 is 2.13. The Morgan fingerprint density at radius 2 is 1.96 bits per heavy atom. The molecular weight excluding hydrogens is 330 g/mol. The van der Waals surface area contributed by atoms with Gasteiger partial charge in [-0.05, 0) is 30.9 Å². The van der Waals surface area contributed by atoms with Crippen LogP contribution >= 0.6 is 0 Å². The number of imidazole rings is 1. The van der Waals surface area contributed by atoms with Gasteiger partial charge in [-0.15, -0.1) is 0 Å². The third kappa shape index (κ3) is 3.88. The number of hydrogen-bond acceptors (Lipinski definition) is 4. The minimum absolute atomic E-state index is 0.0182. The first-order chi connectivity index (χ1) is 12.5. The summed E-state index contributed by atoms with van der Waals surface area (Å²) >= 11 is 0. The Balaban J connectivity index is 1.73. The van der Waals surface area contributed by atoms with Gasteiger partial charge >= 0.3 is 0 Å². The van der Waals surface area contributed by atoms with Crippen molar-refractivity contribution >= 4 is 28.8 Å². The molecule has 3 rings (SSSR count). The van der Waals surface area contributed by atoms with E-state index in [-0.39, 0.29) is 24.3 Å². The number of amides is 2. The summed E-state index contributed by atoms with van der Waals surface area (Å²) in [5.41, 5.74) is 7.69. The highest BCUT2D eigenvalue weighted by Crippen LogP contribution is 2.35. The Labute approximate surface area is 153 Å². The fourth-order valence-corrected chi connectivity index (χ4v) is 3.42. The first-order valence-electron chi connectivity index (χ1n) is 9.27. The Bertz CT molecular complexity index is 792. The van der Waals surface area contributed by atoms with E-state index in [9.17, 15) is 9.59 Å². The number of anilines is 1. The van der Waals surface area contributed by atoms with E-state index >= 15 is 0 Å². The van der Waals surface area contributed by atoms with E-state index in [0.717, 1.165) is 23.9 Å². The summed E-state index contributed by atoms with van der Waals surface area (Å²) in [5, 5.41) is 5.45. The van der Waals surface area contributed by atoms with E-state index < -0.39 is 6.04 Å². The van der Waals surface area contributed by atoms with E-state index in [4.69, 9.17) is 5.73 Å². The maximum atomic E-state index is 12.3. The van der Waals surface area contributed by atoms with Crippen molar-refractivity contribution in [2.45, 2.75) is 51.6 Å². The number of para-hydroxylation sites is 2. The highest BCUT2D eigenvalue weighted by Gasteiger charge is 2.24. The topological polar surface area (TPSA) is 102 Å². The summed E-state index contributed by atoms with van der Waals surface area (Å²) in [5.74, 6) is -0.0570. The van der Waals surface area contributed by atoms with Crippen LogP contribution < -0.4 is 16.4 Å². The van der Waals surface area contributed by atoms with Crippen LogP contribution in [0.3, 0.4) is 0 Å². The van der Waals surface area contributed by atoms with Gasteiger partial charge in [0.05, 0.1) is 23.6 Å². The van der Waals surface area contributed by atoms with Crippen molar-refractivity contribution in [3.05, 3.63) is 24.3 Å². The number of fused-ring (bicyclic) bond motifs is 1. The van der Waals surface area contributed by atoms with Crippen LogP contribution in [-0.2, 0) is 9.59 Å². The molecule has 1 aromatic carbocycles. The second-order valence-electron chi connectivity index (χ2n) is 7.27. The summed E-state index contributed by atoms with van der Waals surface area (Å²) in [7, 11) is 0. The lowest BCUT2D eigenvalue weighted by molar-refractivity contribution is -0.125. The third-order valence-electron chi connectivity index (χ3n) is 4.98. The number of carbonyl (C=O) groups is 2. The highest BCUT2D eigenvalue weighted by atomic mass is 16.2. The molecule has 1 fully saturated rings. The van der Waals surface area contributed by atoms with Crippen LogP contribution in [0.25, 0.3) is 11.0 Å². The van der Waals surface area contributed by atoms with Crippen LogP contribution in [0.4, 0.5) is 5.95 Å². The van der Waals surface area contributed by atoms with Crippen LogP contribution in [0.15, 0.2) is 24.3 Å². The van der Waals surface area contributed by atoms with Gasteiger partial charge in [0, 0.05) is 6.04 Å². The second kappa shape index (κ2) is 7.86. The molecule has 1 aliphatic rings. The number of benzene rings is 1. The molecule has 0 aliphatic heterocycles. The molecule has 2 aromatic rings. The van der Waals surface area contributed by atoms with E-state index in [1.54, 1.807) is 0 Å². The molecule has 0 radical (unpaired) electrons. The van der Waals surface area contributed by atoms with Gasteiger partial charge in [0.2, 0.25) is 17.8 Å². The summed E-state index contributed by atoms with van der Waals surface area (Å²) in [6, 6.07) is 7.62. The van der Waals surface area contributed by atoms with Crippen molar-refractivity contribution in [2.24, 2.45) is 11.7 Å². The predicted molar refractivity (Wildman–Crippen MR) is 102 cm³/mol. The quantitative estimate of drug-likeness (QED) is 0.737. The molecule has 0 bridgehead atoms. The maximum Gasteiger partial charge on any atom is 0.246 e. The zero-order valence-electron chi connectivity index (χ0n) is 15.4. The molecule has 26 heavy (non-hydrogen) atoms. The van der Waals surface area contributed by atoms with Crippen molar-refractivity contribution in [1.29, 1.82) is 0 Å². The van der Waals surface area contributed by atoms with Gasteiger partial charge in [0.25, 0.3) is 0 Å². The molecule has 1 aliphatic carbocycles. The molecular formula is C19H27N5O2. The SMILES string of the molecule is CC(C)[C@H](N)C(=O)NCC(=O)Nc1nc2ccccc2n1C1CCCC1. The lowest BCUT2D eigenvalue weighted by Crippen LogP contribution is -2.46. The molecule has 1 aromatic heterocycles. The number of carbonyl (C=O) groups excluding carboxylic acids is 2. The Kier molecular flexibility index (Phi) is 5.56. The average molecular weight is 357 g/mol. The van der Waals surface area contributed by atoms with Crippen LogP contribution in [0.5, 0.6) is 0 Å². The van der Waals surface area contributed by atoms with Gasteiger partial charge in [0.1, 0.15) is 0 Å². The van der Waals surface area contributed by atoms with Crippen molar-refractivity contribution in [2.75, 3.05) is 11.9 Å². The van der Waals surface area contributed by atoms with Crippen LogP contribution in [0.2, 0.25) is 0 Å². The molecule has 0 unspecified atom stereocenters. The Hall–Kier alpha value is -2.41. The van der Waals surface area contributed by atoms with Crippen LogP contribution in [0.1, 0.15) is 45.6 Å². The summed E-state index contributed by atoms with van der Waals surface area (Å²) in [4.78, 5) is 28.8. The third-order valence-corrected chi connectivity index (χ3v) is 4.98. The van der Waals surface area contributed by atoms with Gasteiger partial charge in [-0.3, -0.25) is 14.9 Å². The Morgan fingerprint density at radius 1 is 1.27 bits per heavy atom. The van der Waals surface area contributed by atoms with Gasteiger partial charge in [-0.25, -0.2) is 4.98 Å². The second-order valence-corrected chi connectivity index (χ2v) is 7.27. The van der Waals surface area contributed by atoms with Crippen molar-refractivity contribution in [1.82, 2.24) is 14.9 Å². The zero-order chi connectivity index (χ0) is 18.7. The first-order valence-corrected chi connectivity index (χ1v) is 9.27. The number of rotatable bonds is 6. The Morgan fingerprint density at radius 3 is 2.65 bits per heavy atom. The average Bonchev–Trinajstić information content (AvgIpc) is 3.25. The lowest BCUT2D eigenvalue weighted by Gasteiger charge is -2.17. The molecule has 1 heterocycles. The van der Waals surface area contributed by atoms with Crippen molar-refractivity contribution < 1.29 is 9.59 Å². The molecule has 1 atom stereocenters. The van der Waals surface area contributed by atoms with Crippen molar-refractivity contribution in [3.63, 3.8) is 0 Å². The van der Waals surface area contributed by atoms with E-state index in [1.165, 1.54) is 12.8 Å². The normalized spacial score (nSPS) is 16.2. The monoisotopic (exact) mass is 357 g/mol. The fourth-order valence-electron chi connectivity index (χ4n) is 3.42. The minimum Gasteiger partial charge on any atom is -0.346 e. The lowest BCUT2D eigenvalue weighted by atomic mass is 10.1. The largest absolute Gasteiger partial charge is 0.346 e. The molecule has 4 N–H and O–H groups in total. The number of aromatic nitrogens is 2. The number of nitrogens with two attached hydrogens (primary N) is 1. The van der Waals surface area contributed by atoms with Gasteiger partial charge < -0.3 is 15.6 Å². The van der Waals surface area contributed by atoms with Gasteiger partial charge in [0.15, 0.2) is 0 Å². The molecule has 0 saturated heterocycles. The smallest absolute Gasteiger partial charge is 0.246 e. The molecule has 1 saturated carbocycles. The summed E-state index contributed by atoms with van der Waals surface area (Å²) in [6.07, 6.45) is 4.55. The molecule has 7 nitrogen and oxygen atoms in total. The zero-order valence-corrected chi connectivity index (χ0v) is 15.4. The van der Waals surface area contributed by atoms with Crippen molar-refractivity contribution in [3.8, 4) is 0 Å². The number of nitrogens with one attached hydrogen (secondary N) is 2. The number of hydrogen-bond donors (Lipinski definition) is 3. The minimum atomic E-state index is -0.620. The fraction of sp³-hybridized carbons (Fsp3) is 0.526. The van der Waals surface area contributed by atoms with E-state index in [1.807, 2.05) is 38.1 Å². The van der Waals surface area contributed by atoms with Gasteiger partial charge in [-0.1, -0.05) is 38.8 Å². The molecule has 2 amide bonds. The van der Waals surface area contributed by atoms with Crippen LogP contribution in [0, 0.1) is 5.92 Å².